The molecule has 2 aliphatic rings. The Balaban J connectivity index is 1.56. The first-order chi connectivity index (χ1) is 9.88. The highest BCUT2D eigenvalue weighted by atomic mass is 32.1. The zero-order chi connectivity index (χ0) is 13.5. The van der Waals surface area contributed by atoms with Gasteiger partial charge in [-0.05, 0) is 55.2 Å². The molecule has 4 rings (SSSR count). The molecule has 3 heteroatoms. The van der Waals surface area contributed by atoms with E-state index in [1.54, 1.807) is 22.5 Å². The summed E-state index contributed by atoms with van der Waals surface area (Å²) < 4.78 is 0. The van der Waals surface area contributed by atoms with Crippen molar-refractivity contribution in [2.24, 2.45) is 11.8 Å². The Kier molecular flexibility index (Phi) is 3.12. The zero-order valence-electron chi connectivity index (χ0n) is 11.8. The third-order valence-corrected chi connectivity index (χ3v) is 5.93. The fourth-order valence-electron chi connectivity index (χ4n) is 4.16. The lowest BCUT2D eigenvalue weighted by Crippen LogP contribution is -2.30. The van der Waals surface area contributed by atoms with Crippen LogP contribution in [0.15, 0.2) is 36.0 Å². The fourth-order valence-corrected chi connectivity index (χ4v) is 4.81. The number of hydrogen-bond acceptors (Lipinski definition) is 3. The summed E-state index contributed by atoms with van der Waals surface area (Å²) in [5.74, 6) is 2.51. The van der Waals surface area contributed by atoms with Crippen LogP contribution in [-0.2, 0) is 12.8 Å². The predicted octanol–water partition coefficient (Wildman–Crippen LogP) is 3.25. The first kappa shape index (κ1) is 12.5. The van der Waals surface area contributed by atoms with Crippen LogP contribution in [0.1, 0.15) is 28.3 Å². The highest BCUT2D eigenvalue weighted by Gasteiger charge is 2.55. The standard InChI is InChI=1S/C17H20N2S/c1-18-15(8-12-9-19-10-20-12)17-14-7-6-11-4-2-3-5-13(11)16(14)17/h2-5,9-10,14-18H,6-8H2,1H3. The average Bonchev–Trinajstić information content (AvgIpc) is 3.00. The first-order valence-electron chi connectivity index (χ1n) is 7.51. The van der Waals surface area contributed by atoms with Crippen molar-refractivity contribution in [3.8, 4) is 0 Å². The molecule has 2 aliphatic carbocycles. The van der Waals surface area contributed by atoms with Crippen molar-refractivity contribution < 1.29 is 0 Å². The maximum absolute atomic E-state index is 4.21. The van der Waals surface area contributed by atoms with Gasteiger partial charge >= 0.3 is 0 Å². The van der Waals surface area contributed by atoms with E-state index in [0.29, 0.717) is 6.04 Å². The summed E-state index contributed by atoms with van der Waals surface area (Å²) in [5.41, 5.74) is 5.15. The second kappa shape index (κ2) is 4.97. The summed E-state index contributed by atoms with van der Waals surface area (Å²) in [6, 6.07) is 9.65. The van der Waals surface area contributed by atoms with E-state index in [4.69, 9.17) is 0 Å². The lowest BCUT2D eigenvalue weighted by atomic mass is 9.92. The molecule has 0 amide bonds. The Hall–Kier alpha value is -1.19. The Morgan fingerprint density at radius 1 is 1.40 bits per heavy atom. The number of fused-ring (bicyclic) bond motifs is 3. The highest BCUT2D eigenvalue weighted by molar-refractivity contribution is 7.09. The molecule has 1 aromatic heterocycles. The number of nitrogens with one attached hydrogen (secondary N) is 1. The molecule has 0 radical (unpaired) electrons. The minimum absolute atomic E-state index is 0.594. The predicted molar refractivity (Wildman–Crippen MR) is 83.1 cm³/mol. The van der Waals surface area contributed by atoms with Crippen LogP contribution in [0.4, 0.5) is 0 Å². The topological polar surface area (TPSA) is 24.9 Å². The third-order valence-electron chi connectivity index (χ3n) is 5.13. The average molecular weight is 284 g/mol. The van der Waals surface area contributed by atoms with Crippen molar-refractivity contribution in [2.45, 2.75) is 31.2 Å². The van der Waals surface area contributed by atoms with Crippen molar-refractivity contribution in [3.05, 3.63) is 52.0 Å². The molecule has 2 nitrogen and oxygen atoms in total. The largest absolute Gasteiger partial charge is 0.316 e. The van der Waals surface area contributed by atoms with Crippen molar-refractivity contribution in [1.82, 2.24) is 10.3 Å². The molecule has 0 bridgehead atoms. The Morgan fingerprint density at radius 3 is 3.10 bits per heavy atom. The minimum atomic E-state index is 0.594. The van der Waals surface area contributed by atoms with Gasteiger partial charge in [0.2, 0.25) is 0 Å². The third kappa shape index (κ3) is 2.00. The van der Waals surface area contributed by atoms with Gasteiger partial charge in [-0.2, -0.15) is 0 Å². The maximum Gasteiger partial charge on any atom is 0.0794 e. The highest BCUT2D eigenvalue weighted by Crippen LogP contribution is 2.61. The first-order valence-corrected chi connectivity index (χ1v) is 8.39. The molecule has 0 saturated heterocycles. The van der Waals surface area contributed by atoms with Crippen LogP contribution in [-0.4, -0.2) is 18.1 Å². The molecular formula is C17H20N2S. The summed E-state index contributed by atoms with van der Waals surface area (Å²) in [5, 5.41) is 3.57. The lowest BCUT2D eigenvalue weighted by molar-refractivity contribution is 0.466. The van der Waals surface area contributed by atoms with Crippen LogP contribution >= 0.6 is 11.3 Å². The second-order valence-corrected chi connectivity index (χ2v) is 7.04. The van der Waals surface area contributed by atoms with E-state index in [9.17, 15) is 0 Å². The summed E-state index contributed by atoms with van der Waals surface area (Å²) in [4.78, 5) is 5.61. The van der Waals surface area contributed by atoms with E-state index < -0.39 is 0 Å². The molecule has 1 aromatic carbocycles. The van der Waals surface area contributed by atoms with Crippen molar-refractivity contribution >= 4 is 11.3 Å². The number of hydrogen-bond donors (Lipinski definition) is 1. The van der Waals surface area contributed by atoms with Gasteiger partial charge < -0.3 is 5.32 Å². The number of thiazole rings is 1. The van der Waals surface area contributed by atoms with Crippen LogP contribution in [0.3, 0.4) is 0 Å². The maximum atomic E-state index is 4.21. The van der Waals surface area contributed by atoms with E-state index in [0.717, 1.165) is 24.2 Å². The van der Waals surface area contributed by atoms with Gasteiger partial charge in [0.05, 0.1) is 5.51 Å². The SMILES string of the molecule is CNC(Cc1cncs1)C1C2CCc3ccccc3C21. The van der Waals surface area contributed by atoms with E-state index in [-0.39, 0.29) is 0 Å². The monoisotopic (exact) mass is 284 g/mol. The molecule has 4 atom stereocenters. The van der Waals surface area contributed by atoms with Gasteiger partial charge in [0, 0.05) is 17.1 Å². The van der Waals surface area contributed by atoms with Crippen LogP contribution in [0.5, 0.6) is 0 Å². The molecule has 1 N–H and O–H groups in total. The Morgan fingerprint density at radius 2 is 2.30 bits per heavy atom. The summed E-state index contributed by atoms with van der Waals surface area (Å²) in [6.07, 6.45) is 5.79. The number of aryl methyl sites for hydroxylation is 1. The smallest absolute Gasteiger partial charge is 0.0794 e. The molecule has 20 heavy (non-hydrogen) atoms. The van der Waals surface area contributed by atoms with Gasteiger partial charge in [0.1, 0.15) is 0 Å². The zero-order valence-corrected chi connectivity index (χ0v) is 12.6. The molecule has 1 saturated carbocycles. The van der Waals surface area contributed by atoms with Gasteiger partial charge in [0.25, 0.3) is 0 Å². The number of nitrogens with zero attached hydrogens (tertiary/aromatic N) is 1. The Labute approximate surface area is 124 Å². The van der Waals surface area contributed by atoms with E-state index >= 15 is 0 Å². The number of aromatic nitrogens is 1. The van der Waals surface area contributed by atoms with Crippen LogP contribution in [0.25, 0.3) is 0 Å². The van der Waals surface area contributed by atoms with Crippen molar-refractivity contribution in [1.29, 1.82) is 0 Å². The molecule has 104 valence electrons. The molecule has 0 spiro atoms. The van der Waals surface area contributed by atoms with E-state index in [1.807, 2.05) is 11.7 Å². The van der Waals surface area contributed by atoms with Crippen molar-refractivity contribution in [2.75, 3.05) is 7.05 Å². The molecule has 2 aromatic rings. The lowest BCUT2D eigenvalue weighted by Gasteiger charge is -2.15. The fraction of sp³-hybridized carbons (Fsp3) is 0.471. The van der Waals surface area contributed by atoms with Gasteiger partial charge in [-0.3, -0.25) is 4.98 Å². The minimum Gasteiger partial charge on any atom is -0.316 e. The van der Waals surface area contributed by atoms with Gasteiger partial charge in [-0.15, -0.1) is 11.3 Å². The molecule has 1 fully saturated rings. The Bertz CT molecular complexity index is 593. The van der Waals surface area contributed by atoms with Crippen molar-refractivity contribution in [3.63, 3.8) is 0 Å². The summed E-state index contributed by atoms with van der Waals surface area (Å²) in [6.45, 7) is 0. The molecule has 4 unspecified atom stereocenters. The normalized spacial score (nSPS) is 28.6. The van der Waals surface area contributed by atoms with E-state index in [2.05, 4.69) is 41.6 Å². The second-order valence-electron chi connectivity index (χ2n) is 6.07. The van der Waals surface area contributed by atoms with Crippen LogP contribution < -0.4 is 5.32 Å². The molecule has 0 aliphatic heterocycles. The summed E-state index contributed by atoms with van der Waals surface area (Å²) >= 11 is 1.78. The molecular weight excluding hydrogens is 264 g/mol. The molecule has 1 heterocycles. The number of rotatable bonds is 4. The summed E-state index contributed by atoms with van der Waals surface area (Å²) in [7, 11) is 2.11. The van der Waals surface area contributed by atoms with Gasteiger partial charge in [-0.1, -0.05) is 24.3 Å². The quantitative estimate of drug-likeness (QED) is 0.932. The van der Waals surface area contributed by atoms with Gasteiger partial charge in [-0.25, -0.2) is 0 Å². The van der Waals surface area contributed by atoms with E-state index in [1.165, 1.54) is 17.7 Å². The number of likely N-dealkylation sites (N-methyl/N-ethyl adjacent to an activating group) is 1. The van der Waals surface area contributed by atoms with Crippen LogP contribution in [0.2, 0.25) is 0 Å². The number of benzene rings is 1. The van der Waals surface area contributed by atoms with Crippen LogP contribution in [0, 0.1) is 11.8 Å². The van der Waals surface area contributed by atoms with Gasteiger partial charge in [0.15, 0.2) is 0 Å².